The van der Waals surface area contributed by atoms with Gasteiger partial charge >= 0.3 is 25.4 Å². The van der Waals surface area contributed by atoms with Crippen LogP contribution in [0.1, 0.15) is 145 Å². The smallest absolute Gasteiger partial charge is 0.657 e. The number of aryl methyl sites for hydroxylation is 4. The van der Waals surface area contributed by atoms with Crippen molar-refractivity contribution in [3.63, 3.8) is 0 Å². The van der Waals surface area contributed by atoms with Gasteiger partial charge in [-0.1, -0.05) is 89.8 Å². The molecule has 0 fully saturated rings. The van der Waals surface area contributed by atoms with Crippen molar-refractivity contribution in [2.24, 2.45) is 0 Å². The van der Waals surface area contributed by atoms with Crippen LogP contribution < -0.4 is 9.97 Å². The molecule has 48 heavy (non-hydrogen) atoms. The second-order valence-corrected chi connectivity index (χ2v) is 12.9. The first-order valence-electron chi connectivity index (χ1n) is 18.1. The monoisotopic (exact) mass is 694 g/mol. The van der Waals surface area contributed by atoms with E-state index in [1.54, 1.807) is 0 Å². The van der Waals surface area contributed by atoms with Crippen LogP contribution in [0.2, 0.25) is 0 Å². The average molecular weight is 696 g/mol. The van der Waals surface area contributed by atoms with Crippen molar-refractivity contribution in [3.05, 3.63) is 74.4 Å². The first kappa shape index (κ1) is 36.0. The van der Waals surface area contributed by atoms with E-state index in [-0.39, 0.29) is 31.4 Å². The van der Waals surface area contributed by atoms with Crippen LogP contribution in [-0.4, -0.2) is 22.5 Å². The van der Waals surface area contributed by atoms with Crippen LogP contribution in [-0.2, 0) is 60.1 Å². The van der Waals surface area contributed by atoms with Crippen molar-refractivity contribution in [2.75, 3.05) is 6.61 Å². The Labute approximate surface area is 299 Å². The minimum atomic E-state index is -0.578. The summed E-state index contributed by atoms with van der Waals surface area (Å²) in [5.74, 6) is -0.239. The predicted octanol–water partition coefficient (Wildman–Crippen LogP) is 9.35. The number of hydrogen-bond donors (Lipinski definition) is 0. The summed E-state index contributed by atoms with van der Waals surface area (Å²) in [6, 6.07) is 6.65. The largest absolute Gasteiger partial charge is 2.00 e. The van der Waals surface area contributed by atoms with Crippen LogP contribution in [0.25, 0.3) is 39.3 Å². The molecule has 0 saturated heterocycles. The maximum Gasteiger partial charge on any atom is 2.00 e. The number of fused-ring (bicyclic) bond motifs is 8. The third-order valence-electron chi connectivity index (χ3n) is 10.9. The van der Waals surface area contributed by atoms with Crippen molar-refractivity contribution in [2.45, 2.75) is 125 Å². The second-order valence-electron chi connectivity index (χ2n) is 12.9. The van der Waals surface area contributed by atoms with Crippen LogP contribution in [0.5, 0.6) is 0 Å². The molecule has 3 aliphatic rings. The van der Waals surface area contributed by atoms with E-state index >= 15 is 0 Å². The van der Waals surface area contributed by atoms with Crippen LogP contribution in [0, 0.1) is 0 Å². The van der Waals surface area contributed by atoms with Crippen LogP contribution in [0.3, 0.4) is 0 Å². The van der Waals surface area contributed by atoms with Crippen molar-refractivity contribution in [1.82, 2.24) is 19.9 Å². The quantitative estimate of drug-likeness (QED) is 0.155. The number of carbonyl (C=O) groups is 1. The fourth-order valence-corrected chi connectivity index (χ4v) is 8.88. The molecule has 0 amide bonds. The number of rotatable bonds is 10. The molecule has 8 bridgehead atoms. The summed E-state index contributed by atoms with van der Waals surface area (Å²) in [6.45, 7) is 19.9. The summed E-state index contributed by atoms with van der Waals surface area (Å²) in [5, 5.41) is 0. The van der Waals surface area contributed by atoms with Gasteiger partial charge in [0.25, 0.3) is 0 Å². The Morgan fingerprint density at radius 1 is 0.729 bits per heavy atom. The van der Waals surface area contributed by atoms with Gasteiger partial charge in [-0.15, -0.1) is 22.1 Å². The SMILES string of the molecule is CCOC(=O)C1=Cc2c3nc(cc4nc(cc5[n-]c(cc6[n-]c2c(CC)c6CC)c(CC)c5CC)C(CC)=C4CC)C(CC)C13CC.[Zn+2]. The molecule has 6 nitrogen and oxygen atoms in total. The Morgan fingerprint density at radius 3 is 1.83 bits per heavy atom. The van der Waals surface area contributed by atoms with E-state index in [0.717, 1.165) is 102 Å². The van der Waals surface area contributed by atoms with Crippen molar-refractivity contribution < 1.29 is 29.0 Å². The van der Waals surface area contributed by atoms with Crippen molar-refractivity contribution in [1.29, 1.82) is 0 Å². The molecule has 5 heterocycles. The number of hydrogen-bond acceptors (Lipinski definition) is 4. The van der Waals surface area contributed by atoms with Gasteiger partial charge in [-0.05, 0) is 87.1 Å². The number of aromatic nitrogens is 4. The molecule has 2 aliphatic heterocycles. The topological polar surface area (TPSA) is 80.3 Å². The van der Waals surface area contributed by atoms with E-state index < -0.39 is 5.41 Å². The Balaban J connectivity index is 0.00000451. The standard InChI is InChI=1S/C41H51N4O2.Zn/c1-10-23-24(11-2)34-21-36-27(14-5)28(15-6)38(44-36)29-19-31(40(46)47-18-9)41(17-8)30(16-7)37(45-39(29)41)22-35-26(13-4)25(12-3)33(43-35)20-32(23)42-34;/h19-22,30H,10-18H2,1-9H3,(H-,42,43,44,45,46);/q-1;+2/p-1. The Morgan fingerprint density at radius 2 is 1.29 bits per heavy atom. The molecule has 0 spiro atoms. The normalized spacial score (nSPS) is 18.3. The van der Waals surface area contributed by atoms with Gasteiger partial charge in [0.1, 0.15) is 0 Å². The molecule has 2 unspecified atom stereocenters. The fraction of sp³-hybridized carbons (Fsp3) is 0.488. The third kappa shape index (κ3) is 5.27. The number of ether oxygens (including phenoxy) is 1. The maximum atomic E-state index is 13.8. The molecule has 0 saturated carbocycles. The third-order valence-corrected chi connectivity index (χ3v) is 10.9. The molecule has 2 atom stereocenters. The molecule has 6 rings (SSSR count). The molecule has 248 valence electrons. The zero-order chi connectivity index (χ0) is 33.6. The Bertz CT molecular complexity index is 1980. The van der Waals surface area contributed by atoms with Gasteiger partial charge in [-0.2, -0.15) is 0 Å². The van der Waals surface area contributed by atoms with Crippen LogP contribution in [0.15, 0.2) is 23.8 Å². The van der Waals surface area contributed by atoms with Gasteiger partial charge in [0.2, 0.25) is 0 Å². The van der Waals surface area contributed by atoms with Gasteiger partial charge in [-0.3, -0.25) is 4.98 Å². The van der Waals surface area contributed by atoms with E-state index in [1.807, 2.05) is 6.92 Å². The van der Waals surface area contributed by atoms with Gasteiger partial charge in [0.05, 0.1) is 34.7 Å². The minimum Gasteiger partial charge on any atom is -0.657 e. The van der Waals surface area contributed by atoms with E-state index in [9.17, 15) is 4.79 Å². The number of esters is 1. The van der Waals surface area contributed by atoms with E-state index in [2.05, 4.69) is 79.7 Å². The summed E-state index contributed by atoms with van der Waals surface area (Å²) >= 11 is 0. The molecule has 1 aliphatic carbocycles. The summed E-state index contributed by atoms with van der Waals surface area (Å²) in [4.78, 5) is 35.4. The first-order chi connectivity index (χ1) is 22.8. The van der Waals surface area contributed by atoms with Crippen molar-refractivity contribution >= 4 is 45.3 Å². The summed E-state index contributed by atoms with van der Waals surface area (Å²) in [5.41, 5.74) is 16.6. The Kier molecular flexibility index (Phi) is 10.7. The first-order valence-corrected chi connectivity index (χ1v) is 18.1. The zero-order valence-electron chi connectivity index (χ0n) is 30.6. The molecule has 3 aromatic heterocycles. The molecule has 0 N–H and O–H groups in total. The van der Waals surface area contributed by atoms with E-state index in [4.69, 9.17) is 24.7 Å². The summed E-state index contributed by atoms with van der Waals surface area (Å²) < 4.78 is 5.75. The van der Waals surface area contributed by atoms with E-state index in [0.29, 0.717) is 12.2 Å². The fourth-order valence-electron chi connectivity index (χ4n) is 8.88. The second kappa shape index (κ2) is 14.3. The summed E-state index contributed by atoms with van der Waals surface area (Å²) in [6.07, 6.45) is 8.93. The van der Waals surface area contributed by atoms with Crippen LogP contribution >= 0.6 is 0 Å². The minimum absolute atomic E-state index is 0. The summed E-state index contributed by atoms with van der Waals surface area (Å²) in [7, 11) is 0. The Hall–Kier alpha value is -3.31. The molecule has 0 radical (unpaired) electrons. The van der Waals surface area contributed by atoms with Gasteiger partial charge in [-0.25, -0.2) is 9.78 Å². The van der Waals surface area contributed by atoms with Crippen LogP contribution in [0.4, 0.5) is 0 Å². The molecule has 3 aromatic rings. The average Bonchev–Trinajstić information content (AvgIpc) is 3.84. The van der Waals surface area contributed by atoms with Gasteiger partial charge < -0.3 is 14.7 Å². The molecule has 7 heteroatoms. The number of allylic oxidation sites excluding steroid dienone is 2. The van der Waals surface area contributed by atoms with Gasteiger partial charge in [0.15, 0.2) is 0 Å². The van der Waals surface area contributed by atoms with Crippen molar-refractivity contribution in [3.8, 4) is 0 Å². The molecular weight excluding hydrogens is 646 g/mol. The zero-order valence-corrected chi connectivity index (χ0v) is 33.5. The van der Waals surface area contributed by atoms with Gasteiger partial charge in [0, 0.05) is 11.6 Å². The predicted molar refractivity (Wildman–Crippen MR) is 193 cm³/mol. The number of nitrogens with zero attached hydrogens (tertiary/aromatic N) is 4. The number of carbonyl (C=O) groups excluding carboxylic acids is 1. The van der Waals surface area contributed by atoms with E-state index in [1.165, 1.54) is 33.4 Å². The molecule has 0 aromatic carbocycles. The maximum absolute atomic E-state index is 13.8. The molecular formula is C41H50N4O2Zn.